The lowest BCUT2D eigenvalue weighted by molar-refractivity contribution is 1.49. The lowest BCUT2D eigenvalue weighted by atomic mass is 10.1. The molecule has 3 heteroatoms. The smallest absolute Gasteiger partial charge is 0.101 e. The zero-order valence-corrected chi connectivity index (χ0v) is 10.0. The van der Waals surface area contributed by atoms with E-state index in [4.69, 9.17) is 16.9 Å². The van der Waals surface area contributed by atoms with E-state index in [1.807, 2.05) is 30.3 Å². The van der Waals surface area contributed by atoms with Crippen LogP contribution in [0, 0.1) is 14.9 Å². The van der Waals surface area contributed by atoms with Crippen LogP contribution in [0.1, 0.15) is 5.56 Å². The SMILES string of the molecule is N#Cc1c(I)ccc2c(Cl)cccc12. The second-order valence-electron chi connectivity index (χ2n) is 2.87. The zero-order chi connectivity index (χ0) is 10.1. The minimum atomic E-state index is 0.690. The Kier molecular flexibility index (Phi) is 2.62. The quantitative estimate of drug-likeness (QED) is 0.675. The van der Waals surface area contributed by atoms with E-state index in [0.717, 1.165) is 14.3 Å². The number of hydrogen-bond donors (Lipinski definition) is 0. The van der Waals surface area contributed by atoms with Crippen LogP contribution in [0.15, 0.2) is 30.3 Å². The highest BCUT2D eigenvalue weighted by Gasteiger charge is 2.06. The lowest BCUT2D eigenvalue weighted by Crippen LogP contribution is -1.84. The number of hydrogen-bond acceptors (Lipinski definition) is 1. The Morgan fingerprint density at radius 3 is 2.64 bits per heavy atom. The molecule has 0 N–H and O–H groups in total. The van der Waals surface area contributed by atoms with E-state index in [1.165, 1.54) is 0 Å². The largest absolute Gasteiger partial charge is 0.192 e. The zero-order valence-electron chi connectivity index (χ0n) is 7.09. The van der Waals surface area contributed by atoms with Crippen LogP contribution in [-0.4, -0.2) is 0 Å². The van der Waals surface area contributed by atoms with Crippen LogP contribution in [0.2, 0.25) is 5.02 Å². The summed E-state index contributed by atoms with van der Waals surface area (Å²) in [6, 6.07) is 11.7. The van der Waals surface area contributed by atoms with Gasteiger partial charge in [0, 0.05) is 19.4 Å². The van der Waals surface area contributed by atoms with Crippen molar-refractivity contribution in [3.63, 3.8) is 0 Å². The molecule has 2 rings (SSSR count). The van der Waals surface area contributed by atoms with Crippen molar-refractivity contribution < 1.29 is 0 Å². The van der Waals surface area contributed by atoms with Gasteiger partial charge in [-0.1, -0.05) is 29.8 Å². The van der Waals surface area contributed by atoms with Crippen molar-refractivity contribution in [2.45, 2.75) is 0 Å². The molecule has 0 atom stereocenters. The molecule has 0 aliphatic carbocycles. The third-order valence-electron chi connectivity index (χ3n) is 2.07. The van der Waals surface area contributed by atoms with Gasteiger partial charge in [0.2, 0.25) is 0 Å². The van der Waals surface area contributed by atoms with Gasteiger partial charge < -0.3 is 0 Å². The average Bonchev–Trinajstić information content (AvgIpc) is 2.18. The van der Waals surface area contributed by atoms with Gasteiger partial charge in [-0.25, -0.2) is 0 Å². The third-order valence-corrected chi connectivity index (χ3v) is 3.30. The van der Waals surface area contributed by atoms with Crippen LogP contribution in [0.4, 0.5) is 0 Å². The van der Waals surface area contributed by atoms with Gasteiger partial charge in [0.25, 0.3) is 0 Å². The molecule has 14 heavy (non-hydrogen) atoms. The van der Waals surface area contributed by atoms with E-state index in [2.05, 4.69) is 28.7 Å². The first kappa shape index (κ1) is 9.75. The highest BCUT2D eigenvalue weighted by Crippen LogP contribution is 2.28. The molecule has 0 amide bonds. The van der Waals surface area contributed by atoms with E-state index < -0.39 is 0 Å². The number of nitriles is 1. The van der Waals surface area contributed by atoms with Crippen molar-refractivity contribution in [2.75, 3.05) is 0 Å². The molecule has 0 fully saturated rings. The number of rotatable bonds is 0. The molecule has 0 saturated heterocycles. The molecule has 2 aromatic carbocycles. The van der Waals surface area contributed by atoms with Gasteiger partial charge in [-0.3, -0.25) is 0 Å². The lowest BCUT2D eigenvalue weighted by Gasteiger charge is -2.03. The Balaban J connectivity index is 2.97. The Labute approximate surface area is 100 Å². The minimum Gasteiger partial charge on any atom is -0.192 e. The van der Waals surface area contributed by atoms with Crippen molar-refractivity contribution in [1.29, 1.82) is 5.26 Å². The molecule has 2 aromatic rings. The summed E-state index contributed by atoms with van der Waals surface area (Å²) >= 11 is 8.18. The van der Waals surface area contributed by atoms with Crippen LogP contribution < -0.4 is 0 Å². The number of nitrogens with zero attached hydrogens (tertiary/aromatic N) is 1. The molecule has 0 aromatic heterocycles. The molecule has 68 valence electrons. The highest BCUT2D eigenvalue weighted by molar-refractivity contribution is 14.1. The fraction of sp³-hybridized carbons (Fsp3) is 0. The molecular formula is C11H5ClIN. The summed E-state index contributed by atoms with van der Waals surface area (Å²) < 4.78 is 0.958. The maximum Gasteiger partial charge on any atom is 0.101 e. The monoisotopic (exact) mass is 313 g/mol. The Hall–Kier alpha value is -0.790. The van der Waals surface area contributed by atoms with E-state index in [0.29, 0.717) is 10.6 Å². The van der Waals surface area contributed by atoms with Gasteiger partial charge in [-0.2, -0.15) is 5.26 Å². The predicted octanol–water partition coefficient (Wildman–Crippen LogP) is 3.97. The van der Waals surface area contributed by atoms with Gasteiger partial charge in [0.1, 0.15) is 6.07 Å². The Bertz CT molecular complexity index is 543. The highest BCUT2D eigenvalue weighted by atomic mass is 127. The Morgan fingerprint density at radius 1 is 1.14 bits per heavy atom. The molecule has 0 aliphatic heterocycles. The van der Waals surface area contributed by atoms with E-state index in [-0.39, 0.29) is 0 Å². The summed E-state index contributed by atoms with van der Waals surface area (Å²) in [5, 5.41) is 11.6. The van der Waals surface area contributed by atoms with Gasteiger partial charge in [-0.05, 0) is 34.7 Å². The second-order valence-corrected chi connectivity index (χ2v) is 4.44. The van der Waals surface area contributed by atoms with E-state index >= 15 is 0 Å². The number of fused-ring (bicyclic) bond motifs is 1. The fourth-order valence-corrected chi connectivity index (χ4v) is 2.24. The molecule has 1 nitrogen and oxygen atoms in total. The van der Waals surface area contributed by atoms with Gasteiger partial charge in [0.05, 0.1) is 5.56 Å². The molecule has 0 radical (unpaired) electrons. The third kappa shape index (κ3) is 1.47. The van der Waals surface area contributed by atoms with Crippen molar-refractivity contribution >= 4 is 45.0 Å². The molecule has 0 bridgehead atoms. The summed E-state index contributed by atoms with van der Waals surface area (Å²) in [7, 11) is 0. The normalized spacial score (nSPS) is 10.1. The average molecular weight is 314 g/mol. The van der Waals surface area contributed by atoms with Crippen molar-refractivity contribution in [2.24, 2.45) is 0 Å². The van der Waals surface area contributed by atoms with Crippen LogP contribution in [0.5, 0.6) is 0 Å². The first-order chi connectivity index (χ1) is 6.74. The van der Waals surface area contributed by atoms with Crippen LogP contribution in [-0.2, 0) is 0 Å². The van der Waals surface area contributed by atoms with Crippen LogP contribution in [0.3, 0.4) is 0 Å². The summed E-state index contributed by atoms with van der Waals surface area (Å²) in [5.41, 5.74) is 0.700. The molecule has 0 heterocycles. The summed E-state index contributed by atoms with van der Waals surface area (Å²) in [6.45, 7) is 0. The molecule has 0 unspecified atom stereocenters. The maximum atomic E-state index is 9.01. The fourth-order valence-electron chi connectivity index (χ4n) is 1.41. The number of halogens is 2. The summed E-state index contributed by atoms with van der Waals surface area (Å²) in [5.74, 6) is 0. The van der Waals surface area contributed by atoms with Crippen molar-refractivity contribution in [1.82, 2.24) is 0 Å². The maximum absolute atomic E-state index is 9.01. The summed E-state index contributed by atoms with van der Waals surface area (Å²) in [6.07, 6.45) is 0. The van der Waals surface area contributed by atoms with Crippen molar-refractivity contribution in [3.8, 4) is 6.07 Å². The predicted molar refractivity (Wildman–Crippen MR) is 66.4 cm³/mol. The molecule has 0 aliphatic rings. The Morgan fingerprint density at radius 2 is 1.93 bits per heavy atom. The van der Waals surface area contributed by atoms with Gasteiger partial charge in [0.15, 0.2) is 0 Å². The van der Waals surface area contributed by atoms with Crippen LogP contribution in [0.25, 0.3) is 10.8 Å². The summed E-state index contributed by atoms with van der Waals surface area (Å²) in [4.78, 5) is 0. The topological polar surface area (TPSA) is 23.8 Å². The first-order valence-corrected chi connectivity index (χ1v) is 5.46. The number of benzene rings is 2. The van der Waals surface area contributed by atoms with Crippen LogP contribution >= 0.6 is 34.2 Å². The van der Waals surface area contributed by atoms with E-state index in [1.54, 1.807) is 0 Å². The van der Waals surface area contributed by atoms with Gasteiger partial charge >= 0.3 is 0 Å². The minimum absolute atomic E-state index is 0.690. The standard InChI is InChI=1S/C11H5ClIN/c12-10-3-1-2-7-8(10)4-5-11(13)9(7)6-14/h1-5H. The molecule has 0 spiro atoms. The molecular weight excluding hydrogens is 308 g/mol. The molecule has 0 saturated carbocycles. The van der Waals surface area contributed by atoms with Crippen molar-refractivity contribution in [3.05, 3.63) is 44.5 Å². The second kappa shape index (κ2) is 3.76. The first-order valence-electron chi connectivity index (χ1n) is 4.01. The van der Waals surface area contributed by atoms with Gasteiger partial charge in [-0.15, -0.1) is 0 Å². The van der Waals surface area contributed by atoms with E-state index in [9.17, 15) is 0 Å².